The van der Waals surface area contributed by atoms with Crippen LogP contribution < -0.4 is 5.32 Å². The van der Waals surface area contributed by atoms with Crippen LogP contribution in [0, 0.1) is 0 Å². The van der Waals surface area contributed by atoms with Crippen LogP contribution in [0.25, 0.3) is 16.9 Å². The minimum absolute atomic E-state index is 0.151. The van der Waals surface area contributed by atoms with Crippen LogP contribution >= 0.6 is 0 Å². The summed E-state index contributed by atoms with van der Waals surface area (Å²) in [7, 11) is 1.52. The van der Waals surface area contributed by atoms with Crippen molar-refractivity contribution >= 4 is 11.6 Å². The van der Waals surface area contributed by atoms with E-state index < -0.39 is 11.7 Å². The largest absolute Gasteiger partial charge is 0.416 e. The fourth-order valence-electron chi connectivity index (χ4n) is 2.57. The summed E-state index contributed by atoms with van der Waals surface area (Å²) >= 11 is 0. The van der Waals surface area contributed by atoms with E-state index in [2.05, 4.69) is 15.3 Å². The molecule has 0 fully saturated rings. The number of carbonyl (C=O) groups excluding carboxylic acids is 1. The molecule has 3 rings (SSSR count). The fourth-order valence-corrected chi connectivity index (χ4v) is 2.57. The molecular formula is C19H17F3N4O2. The fraction of sp³-hybridized carbons (Fsp3) is 0.211. The molecule has 0 radical (unpaired) electrons. The Kier molecular flexibility index (Phi) is 5.74. The molecule has 0 bridgehead atoms. The standard InChI is InChI=1S/C19H17F3N4O2/c1-28-10-2-3-16(27)24-11-15-12-26-9-8-23-18(26)17(25-15)13-4-6-14(7-5-13)19(20,21)22/h2-9,12H,10-11H2,1H3,(H,24,27)/b3-2+. The normalized spacial score (nSPS) is 12.0. The number of methoxy groups -OCH3 is 1. The molecule has 0 aliphatic carbocycles. The van der Waals surface area contributed by atoms with Crippen molar-refractivity contribution in [3.8, 4) is 11.3 Å². The molecule has 0 spiro atoms. The number of alkyl halides is 3. The van der Waals surface area contributed by atoms with Gasteiger partial charge in [-0.05, 0) is 12.1 Å². The van der Waals surface area contributed by atoms with Gasteiger partial charge in [-0.3, -0.25) is 4.79 Å². The van der Waals surface area contributed by atoms with Gasteiger partial charge in [-0.1, -0.05) is 18.2 Å². The van der Waals surface area contributed by atoms with Crippen molar-refractivity contribution in [2.45, 2.75) is 12.7 Å². The van der Waals surface area contributed by atoms with Crippen molar-refractivity contribution in [1.29, 1.82) is 0 Å². The van der Waals surface area contributed by atoms with Crippen LogP contribution in [-0.4, -0.2) is 34.0 Å². The molecule has 2 aromatic heterocycles. The van der Waals surface area contributed by atoms with Crippen molar-refractivity contribution in [2.75, 3.05) is 13.7 Å². The Morgan fingerprint density at radius 3 is 2.71 bits per heavy atom. The van der Waals surface area contributed by atoms with E-state index in [1.54, 1.807) is 29.1 Å². The number of halogens is 3. The first-order chi connectivity index (χ1) is 13.4. The number of carbonyl (C=O) groups is 1. The van der Waals surface area contributed by atoms with E-state index in [1.807, 2.05) is 0 Å². The number of hydrogen-bond acceptors (Lipinski definition) is 4. The number of fused-ring (bicyclic) bond motifs is 1. The number of ether oxygens (including phenoxy) is 1. The van der Waals surface area contributed by atoms with E-state index in [0.717, 1.165) is 12.1 Å². The summed E-state index contributed by atoms with van der Waals surface area (Å²) in [4.78, 5) is 20.5. The van der Waals surface area contributed by atoms with Gasteiger partial charge >= 0.3 is 6.18 Å². The lowest BCUT2D eigenvalue weighted by Crippen LogP contribution is -2.21. The molecule has 0 atom stereocenters. The highest BCUT2D eigenvalue weighted by molar-refractivity contribution is 5.87. The molecule has 0 saturated carbocycles. The summed E-state index contributed by atoms with van der Waals surface area (Å²) in [6.07, 6.45) is 3.51. The Morgan fingerprint density at radius 1 is 1.29 bits per heavy atom. The molecule has 3 aromatic rings. The molecule has 9 heteroatoms. The third kappa shape index (κ3) is 4.55. The van der Waals surface area contributed by atoms with Gasteiger partial charge in [0.25, 0.3) is 0 Å². The maximum atomic E-state index is 12.8. The van der Waals surface area contributed by atoms with Gasteiger partial charge in [0.05, 0.1) is 24.4 Å². The molecule has 0 aliphatic rings. The highest BCUT2D eigenvalue weighted by Crippen LogP contribution is 2.31. The van der Waals surface area contributed by atoms with Crippen LogP contribution in [0.4, 0.5) is 13.2 Å². The van der Waals surface area contributed by atoms with Gasteiger partial charge in [0.1, 0.15) is 5.69 Å². The Balaban J connectivity index is 1.86. The van der Waals surface area contributed by atoms with E-state index in [1.165, 1.54) is 25.3 Å². The molecule has 2 heterocycles. The van der Waals surface area contributed by atoms with Crippen LogP contribution in [-0.2, 0) is 22.3 Å². The highest BCUT2D eigenvalue weighted by atomic mass is 19.4. The maximum absolute atomic E-state index is 12.8. The lowest BCUT2D eigenvalue weighted by atomic mass is 10.1. The zero-order valence-electron chi connectivity index (χ0n) is 14.9. The predicted molar refractivity (Wildman–Crippen MR) is 96.3 cm³/mol. The van der Waals surface area contributed by atoms with Crippen LogP contribution in [0.2, 0.25) is 0 Å². The second kappa shape index (κ2) is 8.22. The molecule has 28 heavy (non-hydrogen) atoms. The third-order valence-corrected chi connectivity index (χ3v) is 3.89. The predicted octanol–water partition coefficient (Wildman–Crippen LogP) is 3.23. The van der Waals surface area contributed by atoms with E-state index >= 15 is 0 Å². The van der Waals surface area contributed by atoms with Gasteiger partial charge in [-0.2, -0.15) is 13.2 Å². The topological polar surface area (TPSA) is 68.5 Å². The van der Waals surface area contributed by atoms with E-state index in [0.29, 0.717) is 29.2 Å². The average Bonchev–Trinajstić information content (AvgIpc) is 3.14. The second-order valence-electron chi connectivity index (χ2n) is 5.89. The van der Waals surface area contributed by atoms with Crippen LogP contribution in [0.15, 0.2) is 55.0 Å². The number of imidazole rings is 1. The minimum Gasteiger partial charge on any atom is -0.381 e. The summed E-state index contributed by atoms with van der Waals surface area (Å²) in [5.74, 6) is -0.305. The SMILES string of the molecule is COC/C=C/C(=O)NCc1cn2ccnc2c(-c2ccc(C(F)(F)F)cc2)n1. The first kappa shape index (κ1) is 19.6. The lowest BCUT2D eigenvalue weighted by molar-refractivity contribution is -0.137. The average molecular weight is 390 g/mol. The summed E-state index contributed by atoms with van der Waals surface area (Å²) < 4.78 is 44.9. The highest BCUT2D eigenvalue weighted by Gasteiger charge is 2.30. The molecule has 1 aromatic carbocycles. The Labute approximate surface area is 158 Å². The van der Waals surface area contributed by atoms with Crippen LogP contribution in [0.3, 0.4) is 0 Å². The molecule has 0 saturated heterocycles. The monoisotopic (exact) mass is 390 g/mol. The maximum Gasteiger partial charge on any atom is 0.416 e. The van der Waals surface area contributed by atoms with Crippen LogP contribution in [0.5, 0.6) is 0 Å². The molecule has 1 amide bonds. The van der Waals surface area contributed by atoms with Crippen molar-refractivity contribution in [2.24, 2.45) is 0 Å². The smallest absolute Gasteiger partial charge is 0.381 e. The van der Waals surface area contributed by atoms with Crippen molar-refractivity contribution in [3.63, 3.8) is 0 Å². The van der Waals surface area contributed by atoms with Gasteiger partial charge in [0.2, 0.25) is 5.91 Å². The molecule has 1 N–H and O–H groups in total. The molecule has 0 aliphatic heterocycles. The summed E-state index contributed by atoms with van der Waals surface area (Å²) in [6.45, 7) is 0.475. The van der Waals surface area contributed by atoms with E-state index in [-0.39, 0.29) is 12.5 Å². The minimum atomic E-state index is -4.41. The van der Waals surface area contributed by atoms with Gasteiger partial charge in [0, 0.05) is 37.3 Å². The number of benzene rings is 1. The number of nitrogens with one attached hydrogen (secondary N) is 1. The van der Waals surface area contributed by atoms with Crippen molar-refractivity contribution < 1.29 is 22.7 Å². The number of amides is 1. The van der Waals surface area contributed by atoms with Gasteiger partial charge < -0.3 is 14.5 Å². The Bertz CT molecular complexity index is 995. The van der Waals surface area contributed by atoms with Crippen molar-refractivity contribution in [1.82, 2.24) is 19.7 Å². The summed E-state index contributed by atoms with van der Waals surface area (Å²) in [5.41, 5.74) is 1.24. The number of aromatic nitrogens is 3. The van der Waals surface area contributed by atoms with Gasteiger partial charge in [-0.15, -0.1) is 0 Å². The lowest BCUT2D eigenvalue weighted by Gasteiger charge is -2.10. The van der Waals surface area contributed by atoms with Crippen molar-refractivity contribution in [3.05, 3.63) is 66.3 Å². The first-order valence-corrected chi connectivity index (χ1v) is 8.32. The first-order valence-electron chi connectivity index (χ1n) is 8.32. The quantitative estimate of drug-likeness (QED) is 0.656. The molecular weight excluding hydrogens is 373 g/mol. The van der Waals surface area contributed by atoms with Crippen LogP contribution in [0.1, 0.15) is 11.3 Å². The molecule has 6 nitrogen and oxygen atoms in total. The Hall–Kier alpha value is -3.20. The van der Waals surface area contributed by atoms with Gasteiger partial charge in [0.15, 0.2) is 5.65 Å². The molecule has 146 valence electrons. The van der Waals surface area contributed by atoms with E-state index in [4.69, 9.17) is 4.74 Å². The Morgan fingerprint density at radius 2 is 2.04 bits per heavy atom. The number of nitrogens with zero attached hydrogens (tertiary/aromatic N) is 3. The zero-order valence-corrected chi connectivity index (χ0v) is 14.9. The number of rotatable bonds is 6. The molecule has 0 unspecified atom stereocenters. The summed E-state index contributed by atoms with van der Waals surface area (Å²) in [6, 6.07) is 4.72. The number of hydrogen-bond donors (Lipinski definition) is 1. The summed E-state index contributed by atoms with van der Waals surface area (Å²) in [5, 5.41) is 2.70. The zero-order chi connectivity index (χ0) is 20.1. The van der Waals surface area contributed by atoms with E-state index in [9.17, 15) is 18.0 Å². The second-order valence-corrected chi connectivity index (χ2v) is 5.89. The third-order valence-electron chi connectivity index (χ3n) is 3.89. The van der Waals surface area contributed by atoms with Gasteiger partial charge in [-0.25, -0.2) is 9.97 Å².